The normalized spacial score (nSPS) is 11.9. The van der Waals surface area contributed by atoms with Gasteiger partial charge in [-0.3, -0.25) is 13.9 Å². The van der Waals surface area contributed by atoms with Crippen LogP contribution in [-0.4, -0.2) is 58.5 Å². The maximum atomic E-state index is 14.0. The maximum Gasteiger partial charge on any atom is 0.264 e. The summed E-state index contributed by atoms with van der Waals surface area (Å²) in [5.41, 5.74) is 0.936. The Morgan fingerprint density at radius 1 is 0.902 bits per heavy atom. The lowest BCUT2D eigenvalue weighted by Crippen LogP contribution is -2.51. The topological polar surface area (TPSA) is 105 Å². The van der Waals surface area contributed by atoms with Crippen molar-refractivity contribution in [1.82, 2.24) is 10.2 Å². The van der Waals surface area contributed by atoms with Gasteiger partial charge in [0.25, 0.3) is 10.0 Å². The fourth-order valence-electron chi connectivity index (χ4n) is 4.01. The fourth-order valence-corrected chi connectivity index (χ4v) is 5.69. The molecular weight excluding hydrogens is 589 g/mol. The van der Waals surface area contributed by atoms with Crippen molar-refractivity contribution in [2.45, 2.75) is 37.8 Å². The molecule has 0 saturated carbocycles. The van der Waals surface area contributed by atoms with Crippen LogP contribution in [0.25, 0.3) is 0 Å². The van der Waals surface area contributed by atoms with E-state index in [2.05, 4.69) is 5.32 Å². The number of carbonyl (C=O) groups excluding carboxylic acids is 2. The third-order valence-electron chi connectivity index (χ3n) is 6.32. The van der Waals surface area contributed by atoms with Crippen molar-refractivity contribution in [2.75, 3.05) is 31.6 Å². The van der Waals surface area contributed by atoms with Gasteiger partial charge < -0.3 is 19.7 Å². The number of hydrogen-bond donors (Lipinski definition) is 1. The number of anilines is 1. The molecule has 220 valence electrons. The molecule has 0 unspecified atom stereocenters. The van der Waals surface area contributed by atoms with Crippen molar-refractivity contribution < 1.29 is 27.5 Å². The van der Waals surface area contributed by atoms with Gasteiger partial charge in [-0.15, -0.1) is 0 Å². The molecule has 0 aliphatic rings. The molecule has 3 aromatic rings. The average molecular weight is 623 g/mol. The monoisotopic (exact) mass is 621 g/mol. The second kappa shape index (κ2) is 14.4. The predicted molar refractivity (Wildman–Crippen MR) is 160 cm³/mol. The van der Waals surface area contributed by atoms with Gasteiger partial charge in [-0.1, -0.05) is 42.3 Å². The Kier molecular flexibility index (Phi) is 11.3. The van der Waals surface area contributed by atoms with Crippen molar-refractivity contribution in [3.05, 3.63) is 82.3 Å². The Morgan fingerprint density at radius 2 is 1.49 bits per heavy atom. The Hall–Kier alpha value is -3.47. The second-order valence-electron chi connectivity index (χ2n) is 9.12. The molecule has 0 fully saturated rings. The highest BCUT2D eigenvalue weighted by Gasteiger charge is 2.33. The lowest BCUT2D eigenvalue weighted by molar-refractivity contribution is -0.139. The van der Waals surface area contributed by atoms with Gasteiger partial charge in [0.1, 0.15) is 12.6 Å². The van der Waals surface area contributed by atoms with E-state index in [0.29, 0.717) is 22.3 Å². The quantitative estimate of drug-likeness (QED) is 0.283. The van der Waals surface area contributed by atoms with Crippen molar-refractivity contribution in [3.63, 3.8) is 0 Å². The third-order valence-corrected chi connectivity index (χ3v) is 8.59. The van der Waals surface area contributed by atoms with Gasteiger partial charge in [-0.25, -0.2) is 8.42 Å². The summed E-state index contributed by atoms with van der Waals surface area (Å²) < 4.78 is 39.6. The van der Waals surface area contributed by atoms with E-state index in [1.807, 2.05) is 6.92 Å². The van der Waals surface area contributed by atoms with Crippen LogP contribution in [0.2, 0.25) is 10.0 Å². The zero-order valence-corrected chi connectivity index (χ0v) is 25.6. The number of carbonyl (C=O) groups is 2. The summed E-state index contributed by atoms with van der Waals surface area (Å²) in [5.74, 6) is -0.379. The first-order valence-corrected chi connectivity index (χ1v) is 15.0. The van der Waals surface area contributed by atoms with Crippen LogP contribution in [0.1, 0.15) is 25.8 Å². The molecule has 0 bridgehead atoms. The summed E-state index contributed by atoms with van der Waals surface area (Å²) in [5, 5.41) is 3.73. The van der Waals surface area contributed by atoms with Crippen LogP contribution >= 0.6 is 23.2 Å². The van der Waals surface area contributed by atoms with Gasteiger partial charge in [0.05, 0.1) is 24.8 Å². The molecule has 9 nitrogen and oxygen atoms in total. The summed E-state index contributed by atoms with van der Waals surface area (Å²) in [4.78, 5) is 28.1. The molecule has 3 aromatic carbocycles. The van der Waals surface area contributed by atoms with E-state index in [1.165, 1.54) is 61.6 Å². The number of ether oxygens (including phenoxy) is 2. The number of nitrogens with one attached hydrogen (secondary N) is 1. The SMILES string of the molecule is CCCNC(=O)[C@@H](C)N(Cc1ccc(Cl)cc1)C(=O)CN(c1ccc(Cl)cc1)S(=O)(=O)c1ccc(OC)c(OC)c1. The summed E-state index contributed by atoms with van der Waals surface area (Å²) >= 11 is 12.1. The number of nitrogens with zero attached hydrogens (tertiary/aromatic N) is 2. The number of methoxy groups -OCH3 is 2. The van der Waals surface area contributed by atoms with Crippen molar-refractivity contribution in [2.24, 2.45) is 0 Å². The van der Waals surface area contributed by atoms with Crippen LogP contribution in [0.4, 0.5) is 5.69 Å². The van der Waals surface area contributed by atoms with E-state index in [9.17, 15) is 18.0 Å². The molecule has 0 saturated heterocycles. The minimum Gasteiger partial charge on any atom is -0.493 e. The molecule has 41 heavy (non-hydrogen) atoms. The molecule has 1 atom stereocenters. The summed E-state index contributed by atoms with van der Waals surface area (Å²) in [7, 11) is -1.46. The molecule has 0 aliphatic heterocycles. The Bertz CT molecular complexity index is 1450. The first kappa shape index (κ1) is 32.0. The minimum atomic E-state index is -4.30. The summed E-state index contributed by atoms with van der Waals surface area (Å²) in [6.45, 7) is 3.44. The molecule has 3 rings (SSSR count). The van der Waals surface area contributed by atoms with E-state index < -0.39 is 28.5 Å². The lowest BCUT2D eigenvalue weighted by atomic mass is 10.1. The van der Waals surface area contributed by atoms with E-state index in [0.717, 1.165) is 16.3 Å². The largest absolute Gasteiger partial charge is 0.493 e. The maximum absolute atomic E-state index is 14.0. The van der Waals surface area contributed by atoms with Gasteiger partial charge >= 0.3 is 0 Å². The van der Waals surface area contributed by atoms with Gasteiger partial charge in [0.2, 0.25) is 11.8 Å². The lowest BCUT2D eigenvalue weighted by Gasteiger charge is -2.32. The Balaban J connectivity index is 2.05. The van der Waals surface area contributed by atoms with Gasteiger partial charge in [0.15, 0.2) is 11.5 Å². The van der Waals surface area contributed by atoms with E-state index in [1.54, 1.807) is 31.2 Å². The van der Waals surface area contributed by atoms with Gasteiger partial charge in [0, 0.05) is 29.2 Å². The number of halogens is 2. The third kappa shape index (κ3) is 8.06. The first-order chi connectivity index (χ1) is 19.5. The van der Waals surface area contributed by atoms with Crippen molar-refractivity contribution in [3.8, 4) is 11.5 Å². The molecule has 0 heterocycles. The molecular formula is C29H33Cl2N3O6S. The molecule has 2 amide bonds. The van der Waals surface area contributed by atoms with Crippen LogP contribution in [-0.2, 0) is 26.2 Å². The molecule has 0 aromatic heterocycles. The highest BCUT2D eigenvalue weighted by molar-refractivity contribution is 7.92. The first-order valence-electron chi connectivity index (χ1n) is 12.8. The highest BCUT2D eigenvalue weighted by atomic mass is 35.5. The number of rotatable bonds is 13. The zero-order chi connectivity index (χ0) is 30.2. The van der Waals surface area contributed by atoms with Crippen LogP contribution in [0.3, 0.4) is 0 Å². The van der Waals surface area contributed by atoms with Crippen LogP contribution in [0.5, 0.6) is 11.5 Å². The minimum absolute atomic E-state index is 0.0571. The van der Waals surface area contributed by atoms with Crippen LogP contribution < -0.4 is 19.1 Å². The standard InChI is InChI=1S/C29H33Cl2N3O6S/c1-5-16-32-29(36)20(2)33(18-21-6-8-22(30)9-7-21)28(35)19-34(24-12-10-23(31)11-13-24)41(37,38)25-14-15-26(39-3)27(17-25)40-4/h6-15,17,20H,5,16,18-19H2,1-4H3,(H,32,36)/t20-/m1/s1. The van der Waals surface area contributed by atoms with Crippen LogP contribution in [0, 0.1) is 0 Å². The highest BCUT2D eigenvalue weighted by Crippen LogP contribution is 2.32. The Morgan fingerprint density at radius 3 is 2.05 bits per heavy atom. The van der Waals surface area contributed by atoms with E-state index in [-0.39, 0.29) is 28.8 Å². The fraction of sp³-hybridized carbons (Fsp3) is 0.310. The Labute approximate surface area is 251 Å². The molecule has 12 heteroatoms. The van der Waals surface area contributed by atoms with E-state index >= 15 is 0 Å². The van der Waals surface area contributed by atoms with Crippen LogP contribution in [0.15, 0.2) is 71.6 Å². The molecule has 0 radical (unpaired) electrons. The second-order valence-corrected chi connectivity index (χ2v) is 11.9. The average Bonchev–Trinajstić information content (AvgIpc) is 2.97. The smallest absolute Gasteiger partial charge is 0.264 e. The van der Waals surface area contributed by atoms with Gasteiger partial charge in [-0.05, 0) is 67.4 Å². The summed E-state index contributed by atoms with van der Waals surface area (Å²) in [6.07, 6.45) is 0.720. The van der Waals surface area contributed by atoms with Crippen molar-refractivity contribution in [1.29, 1.82) is 0 Å². The summed E-state index contributed by atoms with van der Waals surface area (Å²) in [6, 6.07) is 16.2. The predicted octanol–water partition coefficient (Wildman–Crippen LogP) is 5.15. The van der Waals surface area contributed by atoms with E-state index in [4.69, 9.17) is 32.7 Å². The molecule has 1 N–H and O–H groups in total. The van der Waals surface area contributed by atoms with Gasteiger partial charge in [-0.2, -0.15) is 0 Å². The van der Waals surface area contributed by atoms with Crippen molar-refractivity contribution >= 4 is 50.7 Å². The number of hydrogen-bond acceptors (Lipinski definition) is 6. The number of benzene rings is 3. The number of sulfonamides is 1. The molecule has 0 aliphatic carbocycles. The molecule has 0 spiro atoms. The number of amides is 2. The zero-order valence-electron chi connectivity index (χ0n) is 23.3.